The van der Waals surface area contributed by atoms with Gasteiger partial charge in [0.1, 0.15) is 23.5 Å². The summed E-state index contributed by atoms with van der Waals surface area (Å²) >= 11 is 3.11. The van der Waals surface area contributed by atoms with Crippen LogP contribution in [0.5, 0.6) is 5.75 Å². The first-order chi connectivity index (χ1) is 9.54. The zero-order valence-corrected chi connectivity index (χ0v) is 12.0. The van der Waals surface area contributed by atoms with Gasteiger partial charge in [-0.25, -0.2) is 8.78 Å². The van der Waals surface area contributed by atoms with Gasteiger partial charge in [0.2, 0.25) is 0 Å². The van der Waals surface area contributed by atoms with Crippen molar-refractivity contribution in [3.05, 3.63) is 63.6 Å². The van der Waals surface area contributed by atoms with Crippen molar-refractivity contribution in [2.24, 2.45) is 5.73 Å². The first-order valence-corrected chi connectivity index (χ1v) is 7.00. The molecule has 1 heterocycles. The fraction of sp³-hybridized carbons (Fsp3) is 0.200. The first kappa shape index (κ1) is 13.5. The summed E-state index contributed by atoms with van der Waals surface area (Å²) in [5.74, 6) is -0.305. The second-order valence-corrected chi connectivity index (χ2v) is 5.66. The molecule has 2 N–H and O–H groups in total. The predicted molar refractivity (Wildman–Crippen MR) is 75.4 cm³/mol. The van der Waals surface area contributed by atoms with Gasteiger partial charge in [-0.05, 0) is 39.7 Å². The second kappa shape index (κ2) is 5.14. The van der Waals surface area contributed by atoms with Crippen LogP contribution in [0.2, 0.25) is 0 Å². The van der Waals surface area contributed by atoms with E-state index in [0.717, 1.165) is 5.56 Å². The standard InChI is InChI=1S/C15H12BrF2NO/c16-11-4-1-8(5-12(11)18)14-7-13(19)10-3-2-9(17)6-15(10)20-14/h1-6,13-14H,7,19H2. The molecule has 2 aromatic carbocycles. The Bertz CT molecular complexity index is 662. The molecule has 0 bridgehead atoms. The van der Waals surface area contributed by atoms with E-state index >= 15 is 0 Å². The third-order valence-corrected chi connectivity index (χ3v) is 4.07. The van der Waals surface area contributed by atoms with E-state index in [2.05, 4.69) is 15.9 Å². The van der Waals surface area contributed by atoms with E-state index in [0.29, 0.717) is 22.2 Å². The summed E-state index contributed by atoms with van der Waals surface area (Å²) < 4.78 is 33.0. The number of fused-ring (bicyclic) bond motifs is 1. The van der Waals surface area contributed by atoms with Crippen molar-refractivity contribution >= 4 is 15.9 Å². The van der Waals surface area contributed by atoms with Gasteiger partial charge in [0.15, 0.2) is 0 Å². The molecule has 5 heteroatoms. The normalized spacial score (nSPS) is 21.2. The van der Waals surface area contributed by atoms with E-state index in [-0.39, 0.29) is 23.8 Å². The van der Waals surface area contributed by atoms with E-state index in [1.807, 2.05) is 0 Å². The van der Waals surface area contributed by atoms with Crippen molar-refractivity contribution in [3.63, 3.8) is 0 Å². The molecule has 2 atom stereocenters. The van der Waals surface area contributed by atoms with Gasteiger partial charge >= 0.3 is 0 Å². The number of hydrogen-bond acceptors (Lipinski definition) is 2. The molecular weight excluding hydrogens is 328 g/mol. The number of benzene rings is 2. The van der Waals surface area contributed by atoms with Crippen LogP contribution in [0.15, 0.2) is 40.9 Å². The van der Waals surface area contributed by atoms with E-state index < -0.39 is 0 Å². The molecule has 1 aliphatic rings. The Hall–Kier alpha value is -1.46. The maximum absolute atomic E-state index is 13.6. The Morgan fingerprint density at radius 3 is 2.70 bits per heavy atom. The summed E-state index contributed by atoms with van der Waals surface area (Å²) in [6, 6.07) is 8.86. The van der Waals surface area contributed by atoms with Gasteiger partial charge in [-0.15, -0.1) is 0 Å². The lowest BCUT2D eigenvalue weighted by molar-refractivity contribution is 0.160. The summed E-state index contributed by atoms with van der Waals surface area (Å²) in [5, 5.41) is 0. The summed E-state index contributed by atoms with van der Waals surface area (Å²) in [7, 11) is 0. The zero-order chi connectivity index (χ0) is 14.3. The van der Waals surface area contributed by atoms with Gasteiger partial charge in [0, 0.05) is 24.1 Å². The van der Waals surface area contributed by atoms with Gasteiger partial charge in [-0.2, -0.15) is 0 Å². The quantitative estimate of drug-likeness (QED) is 0.842. The minimum Gasteiger partial charge on any atom is -0.485 e. The van der Waals surface area contributed by atoms with Crippen LogP contribution in [0.1, 0.15) is 29.7 Å². The van der Waals surface area contributed by atoms with Gasteiger partial charge < -0.3 is 10.5 Å². The van der Waals surface area contributed by atoms with Crippen LogP contribution in [-0.2, 0) is 0 Å². The first-order valence-electron chi connectivity index (χ1n) is 6.21. The highest BCUT2D eigenvalue weighted by Crippen LogP contribution is 2.40. The van der Waals surface area contributed by atoms with Gasteiger partial charge in [-0.1, -0.05) is 12.1 Å². The predicted octanol–water partition coefficient (Wildman–Crippen LogP) is 4.25. The topological polar surface area (TPSA) is 35.2 Å². The zero-order valence-electron chi connectivity index (χ0n) is 10.4. The average molecular weight is 340 g/mol. The summed E-state index contributed by atoms with van der Waals surface area (Å²) in [6.07, 6.45) is 0.154. The molecule has 0 saturated carbocycles. The van der Waals surface area contributed by atoms with Crippen LogP contribution in [0, 0.1) is 11.6 Å². The van der Waals surface area contributed by atoms with Crippen LogP contribution in [0.25, 0.3) is 0 Å². The largest absolute Gasteiger partial charge is 0.485 e. The Morgan fingerprint density at radius 2 is 1.95 bits per heavy atom. The minimum atomic E-state index is -0.376. The molecule has 2 nitrogen and oxygen atoms in total. The molecular formula is C15H12BrF2NO. The van der Waals surface area contributed by atoms with Crippen LogP contribution < -0.4 is 10.5 Å². The summed E-state index contributed by atoms with van der Waals surface area (Å²) in [5.41, 5.74) is 7.56. The highest BCUT2D eigenvalue weighted by Gasteiger charge is 2.27. The van der Waals surface area contributed by atoms with Crippen molar-refractivity contribution in [1.82, 2.24) is 0 Å². The number of ether oxygens (including phenoxy) is 1. The summed E-state index contributed by atoms with van der Waals surface area (Å²) in [6.45, 7) is 0. The van der Waals surface area contributed by atoms with Gasteiger partial charge in [0.25, 0.3) is 0 Å². The SMILES string of the molecule is NC1CC(c2ccc(Br)c(F)c2)Oc2cc(F)ccc21. The molecule has 1 aliphatic heterocycles. The highest BCUT2D eigenvalue weighted by atomic mass is 79.9. The molecule has 2 unspecified atom stereocenters. The Morgan fingerprint density at radius 1 is 1.15 bits per heavy atom. The van der Waals surface area contributed by atoms with Gasteiger partial charge in [0.05, 0.1) is 4.47 Å². The lowest BCUT2D eigenvalue weighted by atomic mass is 9.93. The monoisotopic (exact) mass is 339 g/mol. The number of hydrogen-bond donors (Lipinski definition) is 1. The second-order valence-electron chi connectivity index (χ2n) is 4.80. The van der Waals surface area contributed by atoms with Crippen molar-refractivity contribution in [1.29, 1.82) is 0 Å². The van der Waals surface area contributed by atoms with E-state index in [1.54, 1.807) is 18.2 Å². The number of nitrogens with two attached hydrogens (primary N) is 1. The molecule has 0 aliphatic carbocycles. The van der Waals surface area contributed by atoms with E-state index in [1.165, 1.54) is 18.2 Å². The fourth-order valence-electron chi connectivity index (χ4n) is 2.39. The summed E-state index contributed by atoms with van der Waals surface area (Å²) in [4.78, 5) is 0. The Kier molecular flexibility index (Phi) is 3.48. The van der Waals surface area contributed by atoms with Crippen molar-refractivity contribution in [2.75, 3.05) is 0 Å². The van der Waals surface area contributed by atoms with Crippen LogP contribution >= 0.6 is 15.9 Å². The van der Waals surface area contributed by atoms with Crippen LogP contribution in [0.4, 0.5) is 8.78 Å². The van der Waals surface area contributed by atoms with Crippen molar-refractivity contribution in [3.8, 4) is 5.75 Å². The van der Waals surface area contributed by atoms with Crippen LogP contribution in [-0.4, -0.2) is 0 Å². The van der Waals surface area contributed by atoms with E-state index in [4.69, 9.17) is 10.5 Å². The molecule has 0 aromatic heterocycles. The van der Waals surface area contributed by atoms with Crippen molar-refractivity contribution < 1.29 is 13.5 Å². The third-order valence-electron chi connectivity index (χ3n) is 3.43. The number of halogens is 3. The van der Waals surface area contributed by atoms with Crippen molar-refractivity contribution in [2.45, 2.75) is 18.6 Å². The number of rotatable bonds is 1. The maximum Gasteiger partial charge on any atom is 0.137 e. The molecule has 0 amide bonds. The van der Waals surface area contributed by atoms with E-state index in [9.17, 15) is 8.78 Å². The molecule has 3 rings (SSSR count). The molecule has 104 valence electrons. The molecule has 20 heavy (non-hydrogen) atoms. The minimum absolute atomic E-state index is 0.254. The maximum atomic E-state index is 13.6. The molecule has 0 fully saturated rings. The molecule has 0 radical (unpaired) electrons. The Labute approximate surface area is 123 Å². The fourth-order valence-corrected chi connectivity index (χ4v) is 2.64. The van der Waals surface area contributed by atoms with Gasteiger partial charge in [-0.3, -0.25) is 0 Å². The smallest absolute Gasteiger partial charge is 0.137 e. The average Bonchev–Trinajstić information content (AvgIpc) is 2.41. The Balaban J connectivity index is 1.96. The lowest BCUT2D eigenvalue weighted by Gasteiger charge is -2.30. The third kappa shape index (κ3) is 2.43. The lowest BCUT2D eigenvalue weighted by Crippen LogP contribution is -2.24. The van der Waals surface area contributed by atoms with Crippen LogP contribution in [0.3, 0.4) is 0 Å². The molecule has 2 aromatic rings. The molecule has 0 saturated heterocycles. The highest BCUT2D eigenvalue weighted by molar-refractivity contribution is 9.10. The molecule has 0 spiro atoms.